The number of sulfonamides is 1. The molecule has 2 aromatic carbocycles. The summed E-state index contributed by atoms with van der Waals surface area (Å²) in [5, 5.41) is 3.22. The molecule has 2 amide bonds. The van der Waals surface area contributed by atoms with Gasteiger partial charge in [-0.1, -0.05) is 70.2 Å². The molecule has 190 valence electrons. The summed E-state index contributed by atoms with van der Waals surface area (Å²) in [4.78, 5) is 28.0. The Kier molecular flexibility index (Phi) is 9.48. The van der Waals surface area contributed by atoms with Gasteiger partial charge in [0.25, 0.3) is 0 Å². The van der Waals surface area contributed by atoms with Crippen LogP contribution in [0.25, 0.3) is 0 Å². The SMILES string of the molecule is C[C@@H](C(=O)NC1CCCC1)N(Cc1ccc(Br)cc1)C(=O)CN(c1cccc(Cl)c1Cl)S(C)(=O)=O. The summed E-state index contributed by atoms with van der Waals surface area (Å²) in [5.41, 5.74) is 0.899. The zero-order chi connectivity index (χ0) is 25.8. The van der Waals surface area contributed by atoms with E-state index < -0.39 is 28.5 Å². The Hall–Kier alpha value is -1.81. The Labute approximate surface area is 224 Å². The van der Waals surface area contributed by atoms with E-state index in [-0.39, 0.29) is 34.2 Å². The lowest BCUT2D eigenvalue weighted by Crippen LogP contribution is -2.52. The second kappa shape index (κ2) is 12.0. The molecule has 1 saturated carbocycles. The van der Waals surface area contributed by atoms with E-state index in [4.69, 9.17) is 23.2 Å². The number of hydrogen-bond acceptors (Lipinski definition) is 4. The summed E-state index contributed by atoms with van der Waals surface area (Å²) in [6.07, 6.45) is 4.93. The summed E-state index contributed by atoms with van der Waals surface area (Å²) in [6, 6.07) is 11.2. The topological polar surface area (TPSA) is 86.8 Å². The van der Waals surface area contributed by atoms with Crippen molar-refractivity contribution in [1.29, 1.82) is 0 Å². The molecule has 0 radical (unpaired) electrons. The number of hydrogen-bond donors (Lipinski definition) is 1. The van der Waals surface area contributed by atoms with Gasteiger partial charge in [0.2, 0.25) is 21.8 Å². The van der Waals surface area contributed by atoms with Gasteiger partial charge in [0.15, 0.2) is 0 Å². The highest BCUT2D eigenvalue weighted by atomic mass is 79.9. The third kappa shape index (κ3) is 7.35. The lowest BCUT2D eigenvalue weighted by atomic mass is 10.1. The van der Waals surface area contributed by atoms with Crippen molar-refractivity contribution in [3.8, 4) is 0 Å². The van der Waals surface area contributed by atoms with E-state index in [2.05, 4.69) is 21.2 Å². The number of benzene rings is 2. The molecule has 0 saturated heterocycles. The number of nitrogens with one attached hydrogen (secondary N) is 1. The number of anilines is 1. The van der Waals surface area contributed by atoms with Crippen molar-refractivity contribution < 1.29 is 18.0 Å². The molecule has 0 bridgehead atoms. The molecule has 0 aromatic heterocycles. The lowest BCUT2D eigenvalue weighted by Gasteiger charge is -2.32. The monoisotopic (exact) mass is 603 g/mol. The highest BCUT2D eigenvalue weighted by molar-refractivity contribution is 9.10. The van der Waals surface area contributed by atoms with Gasteiger partial charge >= 0.3 is 0 Å². The average molecular weight is 605 g/mol. The first-order valence-corrected chi connectivity index (χ1v) is 14.6. The van der Waals surface area contributed by atoms with Gasteiger partial charge < -0.3 is 10.2 Å². The maximum atomic E-state index is 13.6. The van der Waals surface area contributed by atoms with Gasteiger partial charge in [-0.05, 0) is 49.6 Å². The first-order chi connectivity index (χ1) is 16.5. The number of halogens is 3. The summed E-state index contributed by atoms with van der Waals surface area (Å²) in [5.74, 6) is -0.808. The maximum absolute atomic E-state index is 13.6. The summed E-state index contributed by atoms with van der Waals surface area (Å²) in [7, 11) is -3.89. The van der Waals surface area contributed by atoms with Crippen LogP contribution in [0.3, 0.4) is 0 Å². The number of rotatable bonds is 9. The molecule has 1 atom stereocenters. The van der Waals surface area contributed by atoms with Crippen LogP contribution in [-0.4, -0.2) is 50.0 Å². The van der Waals surface area contributed by atoms with Crippen molar-refractivity contribution in [2.24, 2.45) is 0 Å². The molecule has 1 aliphatic carbocycles. The predicted molar refractivity (Wildman–Crippen MR) is 143 cm³/mol. The third-order valence-corrected chi connectivity index (χ3v) is 8.48. The van der Waals surface area contributed by atoms with E-state index in [1.165, 1.54) is 17.0 Å². The predicted octanol–water partition coefficient (Wildman–Crippen LogP) is 5.00. The molecule has 0 spiro atoms. The van der Waals surface area contributed by atoms with Crippen molar-refractivity contribution in [2.75, 3.05) is 17.1 Å². The van der Waals surface area contributed by atoms with Gasteiger partial charge in [-0.2, -0.15) is 0 Å². The Bertz CT molecular complexity index is 1170. The van der Waals surface area contributed by atoms with Crippen LogP contribution in [0.4, 0.5) is 5.69 Å². The number of carbonyl (C=O) groups is 2. The van der Waals surface area contributed by atoms with Crippen molar-refractivity contribution >= 4 is 66.7 Å². The van der Waals surface area contributed by atoms with Gasteiger partial charge in [0.1, 0.15) is 12.6 Å². The van der Waals surface area contributed by atoms with E-state index in [9.17, 15) is 18.0 Å². The van der Waals surface area contributed by atoms with Crippen LogP contribution in [-0.2, 0) is 26.2 Å². The molecule has 1 aliphatic rings. The van der Waals surface area contributed by atoms with Crippen LogP contribution in [0.2, 0.25) is 10.0 Å². The minimum absolute atomic E-state index is 0.0267. The van der Waals surface area contributed by atoms with E-state index >= 15 is 0 Å². The van der Waals surface area contributed by atoms with Gasteiger partial charge in [0, 0.05) is 17.1 Å². The fourth-order valence-corrected chi connectivity index (χ4v) is 5.61. The molecule has 0 heterocycles. The highest BCUT2D eigenvalue weighted by Crippen LogP contribution is 2.33. The zero-order valence-corrected chi connectivity index (χ0v) is 23.4. The quantitative estimate of drug-likeness (QED) is 0.436. The van der Waals surface area contributed by atoms with Gasteiger partial charge in [-0.15, -0.1) is 0 Å². The van der Waals surface area contributed by atoms with Crippen molar-refractivity contribution in [3.63, 3.8) is 0 Å². The molecule has 7 nitrogen and oxygen atoms in total. The molecule has 2 aromatic rings. The summed E-state index contributed by atoms with van der Waals surface area (Å²) < 4.78 is 27.1. The van der Waals surface area contributed by atoms with E-state index in [1.807, 2.05) is 24.3 Å². The van der Waals surface area contributed by atoms with Crippen LogP contribution in [0.5, 0.6) is 0 Å². The summed E-state index contributed by atoms with van der Waals surface area (Å²) >= 11 is 15.8. The molecular formula is C24H28BrCl2N3O4S. The average Bonchev–Trinajstić information content (AvgIpc) is 3.31. The molecule has 0 aliphatic heterocycles. The summed E-state index contributed by atoms with van der Waals surface area (Å²) in [6.45, 7) is 1.25. The van der Waals surface area contributed by atoms with E-state index in [0.717, 1.165) is 46.3 Å². The second-order valence-electron chi connectivity index (χ2n) is 8.66. The third-order valence-electron chi connectivity index (χ3n) is 6.01. The fourth-order valence-electron chi connectivity index (χ4n) is 4.04. The fraction of sp³-hybridized carbons (Fsp3) is 0.417. The highest BCUT2D eigenvalue weighted by Gasteiger charge is 2.32. The van der Waals surface area contributed by atoms with Crippen LogP contribution in [0, 0.1) is 0 Å². The lowest BCUT2D eigenvalue weighted by molar-refractivity contribution is -0.139. The van der Waals surface area contributed by atoms with Crippen molar-refractivity contribution in [3.05, 3.63) is 62.5 Å². The second-order valence-corrected chi connectivity index (χ2v) is 12.3. The van der Waals surface area contributed by atoms with Gasteiger partial charge in [0.05, 0.1) is 22.0 Å². The van der Waals surface area contributed by atoms with Gasteiger partial charge in [-0.3, -0.25) is 13.9 Å². The number of amides is 2. The number of carbonyl (C=O) groups excluding carboxylic acids is 2. The molecule has 11 heteroatoms. The Morgan fingerprint density at radius 3 is 2.34 bits per heavy atom. The maximum Gasteiger partial charge on any atom is 0.244 e. The zero-order valence-electron chi connectivity index (χ0n) is 19.5. The molecule has 3 rings (SSSR count). The van der Waals surface area contributed by atoms with Crippen LogP contribution in [0.1, 0.15) is 38.2 Å². The van der Waals surface area contributed by atoms with E-state index in [1.54, 1.807) is 13.0 Å². The van der Waals surface area contributed by atoms with Crippen LogP contribution < -0.4 is 9.62 Å². The van der Waals surface area contributed by atoms with Crippen molar-refractivity contribution in [2.45, 2.75) is 51.2 Å². The minimum atomic E-state index is -3.89. The molecular weight excluding hydrogens is 577 g/mol. The first kappa shape index (κ1) is 27.8. The molecule has 1 fully saturated rings. The van der Waals surface area contributed by atoms with E-state index in [0.29, 0.717) is 0 Å². The van der Waals surface area contributed by atoms with Crippen LogP contribution >= 0.6 is 39.1 Å². The minimum Gasteiger partial charge on any atom is -0.352 e. The molecule has 1 N–H and O–H groups in total. The standard InChI is InChI=1S/C24H28BrCl2N3O4S/c1-16(24(32)28-19-6-3-4-7-19)29(14-17-10-12-18(25)13-11-17)22(31)15-30(35(2,33)34)21-9-5-8-20(26)23(21)27/h5,8-13,16,19H,3-4,6-7,14-15H2,1-2H3,(H,28,32)/t16-/m0/s1. The molecule has 0 unspecified atom stereocenters. The largest absolute Gasteiger partial charge is 0.352 e. The van der Waals surface area contributed by atoms with Crippen molar-refractivity contribution in [1.82, 2.24) is 10.2 Å². The normalized spacial score (nSPS) is 15.0. The Morgan fingerprint density at radius 2 is 1.74 bits per heavy atom. The Balaban J connectivity index is 1.90. The van der Waals surface area contributed by atoms with Crippen LogP contribution in [0.15, 0.2) is 46.9 Å². The molecule has 35 heavy (non-hydrogen) atoms. The Morgan fingerprint density at radius 1 is 1.11 bits per heavy atom. The number of nitrogens with zero attached hydrogens (tertiary/aromatic N) is 2. The first-order valence-electron chi connectivity index (χ1n) is 11.2. The van der Waals surface area contributed by atoms with Gasteiger partial charge in [-0.25, -0.2) is 8.42 Å². The smallest absolute Gasteiger partial charge is 0.244 e.